The summed E-state index contributed by atoms with van der Waals surface area (Å²) >= 11 is 0. The number of anilines is 1. The lowest BCUT2D eigenvalue weighted by Gasteiger charge is -2.34. The van der Waals surface area contributed by atoms with Crippen LogP contribution in [0.1, 0.15) is 42.9 Å². The zero-order chi connectivity index (χ0) is 25.1. The van der Waals surface area contributed by atoms with Crippen molar-refractivity contribution in [2.45, 2.75) is 64.8 Å². The number of rotatable bonds is 4. The Bertz CT molecular complexity index is 1210. The molecule has 1 saturated heterocycles. The van der Waals surface area contributed by atoms with E-state index in [1.807, 2.05) is 59.4 Å². The second kappa shape index (κ2) is 10.6. The minimum atomic E-state index is 0.0277. The van der Waals surface area contributed by atoms with Crippen molar-refractivity contribution < 1.29 is 9.59 Å². The first-order valence-corrected chi connectivity index (χ1v) is 12.8. The van der Waals surface area contributed by atoms with Crippen molar-refractivity contribution in [2.24, 2.45) is 0 Å². The Labute approximate surface area is 212 Å². The number of aromatic nitrogens is 3. The first-order valence-electron chi connectivity index (χ1n) is 12.8. The predicted molar refractivity (Wildman–Crippen MR) is 138 cm³/mol. The highest BCUT2D eigenvalue weighted by atomic mass is 16.2. The largest absolute Gasteiger partial charge is 0.335 e. The average molecular weight is 487 g/mol. The highest BCUT2D eigenvalue weighted by Crippen LogP contribution is 2.32. The number of carbonyl (C=O) groups excluding carboxylic acids is 2. The number of nitrogens with zero attached hydrogens (tertiary/aromatic N) is 6. The van der Waals surface area contributed by atoms with Crippen molar-refractivity contribution in [3.8, 4) is 0 Å². The number of pyridine rings is 1. The van der Waals surface area contributed by atoms with Crippen LogP contribution in [0.5, 0.6) is 0 Å². The molecule has 2 atom stereocenters. The van der Waals surface area contributed by atoms with Gasteiger partial charge in [0.25, 0.3) is 0 Å². The van der Waals surface area contributed by atoms with Gasteiger partial charge in [-0.15, -0.1) is 0 Å². The van der Waals surface area contributed by atoms with Gasteiger partial charge < -0.3 is 9.80 Å². The van der Waals surface area contributed by atoms with Gasteiger partial charge in [0.2, 0.25) is 11.8 Å². The average Bonchev–Trinajstić information content (AvgIpc) is 3.44. The van der Waals surface area contributed by atoms with Gasteiger partial charge in [-0.1, -0.05) is 24.3 Å². The van der Waals surface area contributed by atoms with Crippen molar-refractivity contribution in [3.05, 3.63) is 77.9 Å². The molecule has 2 unspecified atom stereocenters. The Morgan fingerprint density at radius 2 is 1.86 bits per heavy atom. The Morgan fingerprint density at radius 3 is 2.61 bits per heavy atom. The van der Waals surface area contributed by atoms with Crippen LogP contribution in [0.3, 0.4) is 0 Å². The van der Waals surface area contributed by atoms with E-state index in [2.05, 4.69) is 21.0 Å². The Hall–Kier alpha value is -3.52. The van der Waals surface area contributed by atoms with E-state index >= 15 is 0 Å². The van der Waals surface area contributed by atoms with Gasteiger partial charge >= 0.3 is 0 Å². The van der Waals surface area contributed by atoms with Gasteiger partial charge in [0.1, 0.15) is 6.54 Å². The Kier molecular flexibility index (Phi) is 7.13. The van der Waals surface area contributed by atoms with Crippen molar-refractivity contribution in [3.63, 3.8) is 0 Å². The Morgan fingerprint density at radius 1 is 1.03 bits per heavy atom. The molecule has 1 aromatic carbocycles. The van der Waals surface area contributed by atoms with Crippen LogP contribution in [-0.4, -0.2) is 61.6 Å². The lowest BCUT2D eigenvalue weighted by atomic mass is 10.1. The molecule has 0 N–H and O–H groups in total. The molecule has 0 saturated carbocycles. The summed E-state index contributed by atoms with van der Waals surface area (Å²) in [5.41, 5.74) is 4.09. The molecule has 4 heterocycles. The number of para-hydroxylation sites is 1. The number of hydrogen-bond donors (Lipinski definition) is 0. The van der Waals surface area contributed by atoms with E-state index in [9.17, 15) is 9.59 Å². The van der Waals surface area contributed by atoms with Gasteiger partial charge in [0, 0.05) is 69.5 Å². The molecule has 2 aromatic heterocycles. The van der Waals surface area contributed by atoms with Crippen molar-refractivity contribution in [1.82, 2.24) is 24.6 Å². The van der Waals surface area contributed by atoms with E-state index in [4.69, 9.17) is 0 Å². The standard InChI is InChI=1S/C28H34N6O2/c1-21-14-30-32(16-21)20-28(36)31-18-24-7-3-4-8-27(24)33(22(2)35)13-11-25-9-10-26(19-31)34(25)17-23-6-5-12-29-15-23/h3-8,12,14-16,25-26H,9-11,13,17-20H2,1-2H3. The van der Waals surface area contributed by atoms with Crippen LogP contribution in [0, 0.1) is 6.92 Å². The van der Waals surface area contributed by atoms with Crippen molar-refractivity contribution in [1.29, 1.82) is 0 Å². The fourth-order valence-corrected chi connectivity index (χ4v) is 5.62. The van der Waals surface area contributed by atoms with Crippen LogP contribution < -0.4 is 4.90 Å². The molecule has 2 aliphatic heterocycles. The maximum atomic E-state index is 13.6. The summed E-state index contributed by atoms with van der Waals surface area (Å²) in [5.74, 6) is 0.0613. The zero-order valence-electron chi connectivity index (χ0n) is 21.1. The Balaban J connectivity index is 1.49. The molecular formula is C28H34N6O2. The number of hydrogen-bond acceptors (Lipinski definition) is 5. The fraction of sp³-hybridized carbons (Fsp3) is 0.429. The third-order valence-electron chi connectivity index (χ3n) is 7.41. The lowest BCUT2D eigenvalue weighted by Crippen LogP contribution is -2.45. The molecule has 8 heteroatoms. The van der Waals surface area contributed by atoms with Crippen LogP contribution in [-0.2, 0) is 29.2 Å². The molecule has 1 fully saturated rings. The first-order chi connectivity index (χ1) is 17.5. The molecule has 0 radical (unpaired) electrons. The van der Waals surface area contributed by atoms with E-state index in [1.54, 1.807) is 24.0 Å². The lowest BCUT2D eigenvalue weighted by molar-refractivity contribution is -0.133. The minimum absolute atomic E-state index is 0.0277. The normalized spacial score (nSPS) is 20.6. The highest BCUT2D eigenvalue weighted by molar-refractivity contribution is 5.92. The van der Waals surface area contributed by atoms with E-state index in [0.29, 0.717) is 25.7 Å². The molecule has 5 rings (SSSR count). The van der Waals surface area contributed by atoms with E-state index in [1.165, 1.54) is 5.56 Å². The summed E-state index contributed by atoms with van der Waals surface area (Å²) in [4.78, 5) is 37.1. The molecule has 8 nitrogen and oxygen atoms in total. The van der Waals surface area contributed by atoms with Gasteiger partial charge in [0.05, 0.1) is 6.20 Å². The van der Waals surface area contributed by atoms with E-state index < -0.39 is 0 Å². The second-order valence-electron chi connectivity index (χ2n) is 10.00. The third-order valence-corrected chi connectivity index (χ3v) is 7.41. The molecular weight excluding hydrogens is 452 g/mol. The highest BCUT2D eigenvalue weighted by Gasteiger charge is 2.36. The SMILES string of the molecule is CC(=O)N1CCC2CCC(CN(C(=O)Cn3cc(C)cn3)Cc3ccccc31)N2Cc1cccnc1. The van der Waals surface area contributed by atoms with Crippen LogP contribution in [0.2, 0.25) is 0 Å². The van der Waals surface area contributed by atoms with Gasteiger partial charge in [-0.25, -0.2) is 0 Å². The topological polar surface area (TPSA) is 74.6 Å². The third kappa shape index (κ3) is 5.33. The molecule has 3 aromatic rings. The molecule has 2 bridgehead atoms. The van der Waals surface area contributed by atoms with Crippen LogP contribution in [0.15, 0.2) is 61.2 Å². The zero-order valence-corrected chi connectivity index (χ0v) is 21.1. The van der Waals surface area contributed by atoms with Crippen molar-refractivity contribution >= 4 is 17.5 Å². The summed E-state index contributed by atoms with van der Waals surface area (Å²) in [7, 11) is 0. The summed E-state index contributed by atoms with van der Waals surface area (Å²) < 4.78 is 1.71. The summed E-state index contributed by atoms with van der Waals surface area (Å²) in [6.45, 7) is 6.35. The molecule has 0 aliphatic carbocycles. The number of carbonyl (C=O) groups is 2. The molecule has 36 heavy (non-hydrogen) atoms. The van der Waals surface area contributed by atoms with Crippen molar-refractivity contribution in [2.75, 3.05) is 18.0 Å². The number of aryl methyl sites for hydroxylation is 1. The van der Waals surface area contributed by atoms with Crippen LogP contribution in [0.25, 0.3) is 0 Å². The molecule has 188 valence electrons. The van der Waals surface area contributed by atoms with E-state index in [-0.39, 0.29) is 24.4 Å². The smallest absolute Gasteiger partial charge is 0.244 e. The summed E-state index contributed by atoms with van der Waals surface area (Å²) in [5, 5.41) is 4.34. The molecule has 2 aliphatic rings. The fourth-order valence-electron chi connectivity index (χ4n) is 5.62. The maximum Gasteiger partial charge on any atom is 0.244 e. The van der Waals surface area contributed by atoms with Gasteiger partial charge in [0.15, 0.2) is 0 Å². The number of amides is 2. The monoisotopic (exact) mass is 486 g/mol. The second-order valence-corrected chi connectivity index (χ2v) is 10.00. The molecule has 0 spiro atoms. The van der Waals surface area contributed by atoms with Gasteiger partial charge in [-0.3, -0.25) is 24.2 Å². The summed E-state index contributed by atoms with van der Waals surface area (Å²) in [6, 6.07) is 12.7. The predicted octanol–water partition coefficient (Wildman–Crippen LogP) is 3.41. The number of benzene rings is 1. The number of fused-ring (bicyclic) bond motifs is 3. The van der Waals surface area contributed by atoms with E-state index in [0.717, 1.165) is 42.6 Å². The van der Waals surface area contributed by atoms with Crippen LogP contribution in [0.4, 0.5) is 5.69 Å². The first kappa shape index (κ1) is 24.2. The minimum Gasteiger partial charge on any atom is -0.335 e. The van der Waals surface area contributed by atoms with Gasteiger partial charge in [-0.05, 0) is 55.0 Å². The summed E-state index contributed by atoms with van der Waals surface area (Å²) in [6.07, 6.45) is 10.4. The molecule has 2 amide bonds. The maximum absolute atomic E-state index is 13.6. The van der Waals surface area contributed by atoms with Crippen LogP contribution >= 0.6 is 0 Å². The quantitative estimate of drug-likeness (QED) is 0.565. The van der Waals surface area contributed by atoms with Gasteiger partial charge in [-0.2, -0.15) is 5.10 Å².